The number of benzene rings is 2. The van der Waals surface area contributed by atoms with E-state index in [1.54, 1.807) is 9.31 Å². The van der Waals surface area contributed by atoms with Crippen molar-refractivity contribution in [1.29, 1.82) is 0 Å². The van der Waals surface area contributed by atoms with E-state index >= 15 is 0 Å². The fraction of sp³-hybridized carbons (Fsp3) is 0.545. The average molecular weight is 576 g/mol. The van der Waals surface area contributed by atoms with Crippen molar-refractivity contribution in [1.82, 2.24) is 19.7 Å². The highest BCUT2D eigenvalue weighted by Gasteiger charge is 2.35. The number of hydrogen-bond donors (Lipinski definition) is 2. The zero-order valence-electron chi connectivity index (χ0n) is 25.4. The molecule has 3 aromatic rings. The molecule has 1 saturated carbocycles. The van der Waals surface area contributed by atoms with Gasteiger partial charge in [0.15, 0.2) is 0 Å². The van der Waals surface area contributed by atoms with Gasteiger partial charge in [0, 0.05) is 47.9 Å². The molecule has 1 fully saturated rings. The zero-order valence-corrected chi connectivity index (χ0v) is 26.2. The lowest BCUT2D eigenvalue weighted by molar-refractivity contribution is 0.137. The molecular weight excluding hydrogens is 530 g/mol. The molecule has 2 aliphatic heterocycles. The van der Waals surface area contributed by atoms with Gasteiger partial charge in [-0.1, -0.05) is 38.3 Å². The van der Waals surface area contributed by atoms with Gasteiger partial charge in [0.2, 0.25) is 0 Å². The third-order valence-corrected chi connectivity index (χ3v) is 9.91. The van der Waals surface area contributed by atoms with Crippen LogP contribution >= 0.6 is 11.9 Å². The number of amides is 2. The SMILES string of the molecule is CCSN1NC(C)(C)NC(C)[C@@H]2COc3cc(C)ccc3-c3c(C4CCCCC4)c4ccc(cc4n3C2)N(C)C1=O. The van der Waals surface area contributed by atoms with Crippen molar-refractivity contribution in [3.8, 4) is 17.0 Å². The number of carbonyl (C=O) groups excluding carboxylic acids is 1. The van der Waals surface area contributed by atoms with Crippen molar-refractivity contribution < 1.29 is 9.53 Å². The molecule has 7 nitrogen and oxygen atoms in total. The minimum Gasteiger partial charge on any atom is -0.492 e. The Labute approximate surface area is 249 Å². The summed E-state index contributed by atoms with van der Waals surface area (Å²) in [6.07, 6.45) is 6.32. The van der Waals surface area contributed by atoms with Crippen LogP contribution in [0.4, 0.5) is 10.5 Å². The van der Waals surface area contributed by atoms with Crippen LogP contribution in [-0.2, 0) is 6.54 Å². The molecule has 3 heterocycles. The summed E-state index contributed by atoms with van der Waals surface area (Å²) >= 11 is 1.49. The second-order valence-corrected chi connectivity index (χ2v) is 13.9. The second-order valence-electron chi connectivity index (χ2n) is 12.7. The molecule has 1 unspecified atom stereocenters. The van der Waals surface area contributed by atoms with Crippen LogP contribution in [0.15, 0.2) is 36.4 Å². The molecule has 1 aliphatic carbocycles. The lowest BCUT2D eigenvalue weighted by atomic mass is 9.81. The van der Waals surface area contributed by atoms with Gasteiger partial charge in [-0.2, -0.15) is 4.41 Å². The third-order valence-electron chi connectivity index (χ3n) is 9.15. The van der Waals surface area contributed by atoms with Crippen LogP contribution in [0.25, 0.3) is 22.2 Å². The molecule has 0 radical (unpaired) electrons. The number of rotatable bonds is 3. The summed E-state index contributed by atoms with van der Waals surface area (Å²) in [7, 11) is 1.88. The number of nitrogens with zero attached hydrogens (tertiary/aromatic N) is 3. The molecule has 2 atom stereocenters. The van der Waals surface area contributed by atoms with Gasteiger partial charge in [-0.05, 0) is 93.8 Å². The summed E-state index contributed by atoms with van der Waals surface area (Å²) in [6.45, 7) is 12.1. The van der Waals surface area contributed by atoms with Crippen LogP contribution < -0.4 is 20.4 Å². The van der Waals surface area contributed by atoms with E-state index < -0.39 is 5.66 Å². The van der Waals surface area contributed by atoms with Crippen LogP contribution in [0, 0.1) is 12.8 Å². The second kappa shape index (κ2) is 11.2. The molecule has 0 spiro atoms. The number of ether oxygens (including phenoxy) is 1. The maximum Gasteiger partial charge on any atom is 0.349 e. The van der Waals surface area contributed by atoms with Crippen molar-refractivity contribution in [2.45, 2.75) is 90.9 Å². The molecule has 2 aromatic carbocycles. The van der Waals surface area contributed by atoms with E-state index in [2.05, 4.69) is 86.3 Å². The summed E-state index contributed by atoms with van der Waals surface area (Å²) in [5.41, 5.74) is 10.2. The van der Waals surface area contributed by atoms with Crippen LogP contribution in [0.2, 0.25) is 0 Å². The van der Waals surface area contributed by atoms with Gasteiger partial charge in [-0.15, -0.1) is 0 Å². The Kier molecular flexibility index (Phi) is 7.76. The molecule has 41 heavy (non-hydrogen) atoms. The summed E-state index contributed by atoms with van der Waals surface area (Å²) in [5, 5.41) is 5.13. The molecule has 4 bridgehead atoms. The quantitative estimate of drug-likeness (QED) is 0.318. The maximum atomic E-state index is 13.8. The van der Waals surface area contributed by atoms with Gasteiger partial charge in [0.1, 0.15) is 5.75 Å². The first kappa shape index (κ1) is 28.4. The molecule has 2 amide bonds. The van der Waals surface area contributed by atoms with Crippen LogP contribution in [0.3, 0.4) is 0 Å². The molecule has 1 aromatic heterocycles. The predicted molar refractivity (Wildman–Crippen MR) is 171 cm³/mol. The van der Waals surface area contributed by atoms with Crippen molar-refractivity contribution in [3.05, 3.63) is 47.5 Å². The first-order valence-corrected chi connectivity index (χ1v) is 16.3. The summed E-state index contributed by atoms with van der Waals surface area (Å²) in [4.78, 5) is 15.6. The lowest BCUT2D eigenvalue weighted by Gasteiger charge is -2.39. The first-order valence-electron chi connectivity index (χ1n) is 15.3. The molecule has 8 heteroatoms. The van der Waals surface area contributed by atoms with Gasteiger partial charge >= 0.3 is 6.03 Å². The van der Waals surface area contributed by atoms with E-state index in [1.807, 2.05) is 7.05 Å². The largest absolute Gasteiger partial charge is 0.492 e. The standard InChI is InChI=1S/C33H45N5O2S/c1-7-41-38-32(39)36(6)25-14-16-26-28(18-25)37-19-24(22(3)34-33(4,5)35-38)20-40-29-17-21(2)13-15-27(29)31(37)30(26)23-11-9-8-10-12-23/h13-18,22-24,34-35H,7-12,19-20H2,1-6H3/t22?,24-/m0/s1. The fourth-order valence-corrected chi connectivity index (χ4v) is 7.86. The highest BCUT2D eigenvalue weighted by Crippen LogP contribution is 2.48. The molecule has 6 rings (SSSR count). The topological polar surface area (TPSA) is 61.8 Å². The van der Waals surface area contributed by atoms with Crippen LogP contribution in [-0.4, -0.2) is 46.1 Å². The number of fused-ring (bicyclic) bond motifs is 4. The number of anilines is 1. The Morgan fingerprint density at radius 3 is 2.63 bits per heavy atom. The van der Waals surface area contributed by atoms with Crippen molar-refractivity contribution in [2.75, 3.05) is 24.3 Å². The van der Waals surface area contributed by atoms with E-state index in [0.29, 0.717) is 12.5 Å². The van der Waals surface area contributed by atoms with Gasteiger partial charge in [-0.3, -0.25) is 10.2 Å². The lowest BCUT2D eigenvalue weighted by Crippen LogP contribution is -2.63. The number of carbonyl (C=O) groups is 1. The minimum absolute atomic E-state index is 0.0890. The van der Waals surface area contributed by atoms with Crippen LogP contribution in [0.5, 0.6) is 5.75 Å². The third kappa shape index (κ3) is 5.35. The van der Waals surface area contributed by atoms with E-state index in [1.165, 1.54) is 77.3 Å². The summed E-state index contributed by atoms with van der Waals surface area (Å²) in [5.74, 6) is 2.49. The van der Waals surface area contributed by atoms with E-state index in [-0.39, 0.29) is 18.0 Å². The Morgan fingerprint density at radius 1 is 1.10 bits per heavy atom. The number of nitrogens with one attached hydrogen (secondary N) is 2. The number of aryl methyl sites for hydroxylation is 1. The normalized spacial score (nSPS) is 23.4. The molecule has 0 saturated heterocycles. The summed E-state index contributed by atoms with van der Waals surface area (Å²) < 4.78 is 10.9. The van der Waals surface area contributed by atoms with E-state index in [0.717, 1.165) is 23.7 Å². The molecule has 220 valence electrons. The average Bonchev–Trinajstić information content (AvgIpc) is 3.25. The molecule has 3 aliphatic rings. The van der Waals surface area contributed by atoms with Gasteiger partial charge in [0.05, 0.1) is 23.5 Å². The zero-order chi connectivity index (χ0) is 28.9. The summed E-state index contributed by atoms with van der Waals surface area (Å²) in [6, 6.07) is 13.4. The van der Waals surface area contributed by atoms with Crippen molar-refractivity contribution >= 4 is 34.6 Å². The van der Waals surface area contributed by atoms with E-state index in [4.69, 9.17) is 4.74 Å². The van der Waals surface area contributed by atoms with E-state index in [9.17, 15) is 4.79 Å². The number of hydrogen-bond acceptors (Lipinski definition) is 5. The smallest absolute Gasteiger partial charge is 0.349 e. The minimum atomic E-state index is -0.524. The molecule has 2 N–H and O–H groups in total. The van der Waals surface area contributed by atoms with Gasteiger partial charge in [0.25, 0.3) is 0 Å². The monoisotopic (exact) mass is 575 g/mol. The highest BCUT2D eigenvalue weighted by atomic mass is 32.2. The number of urea groups is 1. The number of aromatic nitrogens is 1. The highest BCUT2D eigenvalue weighted by molar-refractivity contribution is 7.97. The molecular formula is C33H45N5O2S. The first-order chi connectivity index (χ1) is 19.7. The van der Waals surface area contributed by atoms with Gasteiger partial charge in [-0.25, -0.2) is 10.2 Å². The fourth-order valence-electron chi connectivity index (χ4n) is 7.07. The Morgan fingerprint density at radius 2 is 1.88 bits per heavy atom. The Balaban J connectivity index is 1.62. The van der Waals surface area contributed by atoms with Gasteiger partial charge < -0.3 is 9.30 Å². The number of hydrazine groups is 1. The van der Waals surface area contributed by atoms with Crippen molar-refractivity contribution in [2.24, 2.45) is 5.92 Å². The Bertz CT molecular complexity index is 1440. The predicted octanol–water partition coefficient (Wildman–Crippen LogP) is 7.43. The van der Waals surface area contributed by atoms with Crippen molar-refractivity contribution in [3.63, 3.8) is 0 Å². The van der Waals surface area contributed by atoms with Crippen LogP contribution in [0.1, 0.15) is 76.8 Å². The Hall–Kier alpha value is -2.68. The maximum absolute atomic E-state index is 13.8.